The lowest BCUT2D eigenvalue weighted by Crippen LogP contribution is -2.45. The fourth-order valence-corrected chi connectivity index (χ4v) is 6.18. The van der Waals surface area contributed by atoms with Gasteiger partial charge < -0.3 is 24.3 Å². The predicted molar refractivity (Wildman–Crippen MR) is 165 cm³/mol. The van der Waals surface area contributed by atoms with E-state index in [4.69, 9.17) is 35.6 Å². The van der Waals surface area contributed by atoms with Crippen LogP contribution < -0.4 is 14.8 Å². The van der Waals surface area contributed by atoms with Crippen LogP contribution in [0.2, 0.25) is 5.02 Å². The summed E-state index contributed by atoms with van der Waals surface area (Å²) in [5, 5.41) is 19.9. The van der Waals surface area contributed by atoms with Gasteiger partial charge in [0, 0.05) is 37.1 Å². The third-order valence-electron chi connectivity index (χ3n) is 8.51. The zero-order valence-electron chi connectivity index (χ0n) is 25.2. The Kier molecular flexibility index (Phi) is 9.05. The summed E-state index contributed by atoms with van der Waals surface area (Å²) in [4.78, 5) is 11.8. The molecular weight excluding hydrogens is 600 g/mol. The molecule has 2 saturated heterocycles. The molecule has 1 N–H and O–H groups in total. The van der Waals surface area contributed by atoms with Gasteiger partial charge in [-0.05, 0) is 60.7 Å². The molecule has 0 spiro atoms. The van der Waals surface area contributed by atoms with E-state index in [2.05, 4.69) is 40.4 Å². The number of morpholine rings is 1. The number of aromatic nitrogens is 8. The van der Waals surface area contributed by atoms with E-state index in [0.717, 1.165) is 68.8 Å². The number of nitrogens with one attached hydrogen (secondary N) is 1. The predicted octanol–water partition coefficient (Wildman–Crippen LogP) is 3.78. The van der Waals surface area contributed by atoms with Crippen molar-refractivity contribution in [2.75, 3.05) is 44.8 Å². The molecule has 0 unspecified atom stereocenters. The molecule has 0 radical (unpaired) electrons. The Balaban J connectivity index is 1.02. The van der Waals surface area contributed by atoms with Gasteiger partial charge in [-0.3, -0.25) is 9.58 Å². The summed E-state index contributed by atoms with van der Waals surface area (Å²) >= 11 is 6.44. The van der Waals surface area contributed by atoms with Crippen molar-refractivity contribution in [1.82, 2.24) is 44.9 Å². The van der Waals surface area contributed by atoms with Crippen LogP contribution >= 0.6 is 11.6 Å². The highest BCUT2D eigenvalue weighted by Crippen LogP contribution is 2.36. The highest BCUT2D eigenvalue weighted by molar-refractivity contribution is 6.32. The molecule has 1 aliphatic carbocycles. The molecule has 0 amide bonds. The summed E-state index contributed by atoms with van der Waals surface area (Å²) in [7, 11) is 0. The fraction of sp³-hybridized carbons (Fsp3) is 0.533. The topological polar surface area (TPSA) is 139 Å². The molecule has 1 atom stereocenters. The number of tetrazole rings is 1. The second-order valence-corrected chi connectivity index (χ2v) is 12.1. The van der Waals surface area contributed by atoms with Crippen LogP contribution in [0, 0.1) is 0 Å². The summed E-state index contributed by atoms with van der Waals surface area (Å²) in [6.45, 7) is 7.27. The smallest absolute Gasteiger partial charge is 0.257 e. The molecule has 1 saturated carbocycles. The third kappa shape index (κ3) is 7.19. The van der Waals surface area contributed by atoms with Gasteiger partial charge in [0.15, 0.2) is 0 Å². The molecule has 4 aromatic rings. The Labute approximate surface area is 266 Å². The van der Waals surface area contributed by atoms with Crippen LogP contribution in [0.5, 0.6) is 11.6 Å². The fourth-order valence-electron chi connectivity index (χ4n) is 6.02. The number of hydrogen-bond donors (Lipinski definition) is 1. The van der Waals surface area contributed by atoms with Crippen molar-refractivity contribution in [3.05, 3.63) is 48.1 Å². The van der Waals surface area contributed by atoms with Crippen LogP contribution in [0.15, 0.2) is 43.1 Å². The number of rotatable bonds is 11. The first-order chi connectivity index (χ1) is 22.1. The van der Waals surface area contributed by atoms with E-state index in [1.165, 1.54) is 0 Å². The van der Waals surface area contributed by atoms with Crippen LogP contribution in [0.4, 0.5) is 11.6 Å². The van der Waals surface area contributed by atoms with Gasteiger partial charge in [-0.25, -0.2) is 14.6 Å². The molecule has 238 valence electrons. The van der Waals surface area contributed by atoms with Crippen molar-refractivity contribution in [3.63, 3.8) is 0 Å². The summed E-state index contributed by atoms with van der Waals surface area (Å²) in [6, 6.07) is 6.54. The van der Waals surface area contributed by atoms with Crippen LogP contribution in [0.1, 0.15) is 38.6 Å². The molecule has 45 heavy (non-hydrogen) atoms. The van der Waals surface area contributed by atoms with Gasteiger partial charge in [0.25, 0.3) is 5.88 Å². The molecule has 7 rings (SSSR count). The quantitative estimate of drug-likeness (QED) is 0.256. The van der Waals surface area contributed by atoms with Gasteiger partial charge >= 0.3 is 0 Å². The first-order valence-electron chi connectivity index (χ1n) is 15.5. The van der Waals surface area contributed by atoms with Gasteiger partial charge in [0.2, 0.25) is 5.95 Å². The zero-order chi connectivity index (χ0) is 30.6. The van der Waals surface area contributed by atoms with Crippen molar-refractivity contribution in [1.29, 1.82) is 0 Å². The number of hydrogen-bond acceptors (Lipinski definition) is 12. The Bertz CT molecular complexity index is 1530. The number of benzene rings is 1. The van der Waals surface area contributed by atoms with Crippen molar-refractivity contribution >= 4 is 23.2 Å². The molecule has 5 heterocycles. The Hall–Kier alpha value is -3.85. The number of halogens is 1. The van der Waals surface area contributed by atoms with E-state index < -0.39 is 0 Å². The maximum absolute atomic E-state index is 6.44. The van der Waals surface area contributed by atoms with Crippen LogP contribution in [-0.2, 0) is 16.0 Å². The number of ether oxygens (including phenoxy) is 4. The number of anilines is 2. The molecule has 2 aliphatic heterocycles. The lowest BCUT2D eigenvalue weighted by atomic mass is 9.90. The molecular formula is C30H37ClN10O4. The average Bonchev–Trinajstić information content (AvgIpc) is 3.71. The molecule has 3 fully saturated rings. The minimum absolute atomic E-state index is 0.00818. The average molecular weight is 637 g/mol. The highest BCUT2D eigenvalue weighted by atomic mass is 35.5. The Morgan fingerprint density at radius 1 is 1.02 bits per heavy atom. The van der Waals surface area contributed by atoms with Gasteiger partial charge in [0.1, 0.15) is 30.0 Å². The minimum atomic E-state index is -0.201. The lowest BCUT2D eigenvalue weighted by molar-refractivity contribution is -0.0813. The second kappa shape index (κ2) is 13.6. The van der Waals surface area contributed by atoms with E-state index >= 15 is 0 Å². The third-order valence-corrected chi connectivity index (χ3v) is 8.83. The summed E-state index contributed by atoms with van der Waals surface area (Å²) in [5.74, 6) is 1.55. The Morgan fingerprint density at radius 2 is 1.80 bits per heavy atom. The molecule has 14 nitrogen and oxygen atoms in total. The maximum Gasteiger partial charge on any atom is 0.257 e. The van der Waals surface area contributed by atoms with Crippen LogP contribution in [0.25, 0.3) is 11.1 Å². The summed E-state index contributed by atoms with van der Waals surface area (Å²) in [6.07, 6.45) is 11.3. The first kappa shape index (κ1) is 29.8. The second-order valence-electron chi connectivity index (χ2n) is 11.7. The monoisotopic (exact) mass is 636 g/mol. The largest absolute Gasteiger partial charge is 0.487 e. The molecule has 0 bridgehead atoms. The minimum Gasteiger partial charge on any atom is -0.487 e. The molecule has 15 heteroatoms. The normalized spacial score (nSPS) is 21.6. The zero-order valence-corrected chi connectivity index (χ0v) is 25.9. The molecule has 3 aliphatic rings. The van der Waals surface area contributed by atoms with E-state index in [9.17, 15) is 0 Å². The Morgan fingerprint density at radius 3 is 2.51 bits per heavy atom. The van der Waals surface area contributed by atoms with E-state index in [1.54, 1.807) is 29.5 Å². The van der Waals surface area contributed by atoms with Gasteiger partial charge in [-0.2, -0.15) is 0 Å². The van der Waals surface area contributed by atoms with Gasteiger partial charge in [-0.15, -0.1) is 10.2 Å². The maximum atomic E-state index is 6.44. The number of nitrogens with zero attached hydrogens (tertiary/aromatic N) is 9. The van der Waals surface area contributed by atoms with Crippen molar-refractivity contribution in [2.45, 2.75) is 63.4 Å². The summed E-state index contributed by atoms with van der Waals surface area (Å²) in [5.41, 5.74) is 2.44. The van der Waals surface area contributed by atoms with Crippen LogP contribution in [-0.4, -0.2) is 103 Å². The van der Waals surface area contributed by atoms with Gasteiger partial charge in [0.05, 0.1) is 50.2 Å². The van der Waals surface area contributed by atoms with Crippen molar-refractivity contribution < 1.29 is 18.9 Å². The van der Waals surface area contributed by atoms with E-state index in [-0.39, 0.29) is 12.2 Å². The standard InChI is InChI=1S/C30H37ClN10O4/c1-20(15-40-19-34-37-38-40)44-28-12-21(2-7-26(28)31)22-13-32-30(33-14-22)35-27-16-41(36-29(27)45-25-17-43-18-25)24-5-3-23(4-6-24)39-8-10-42-11-9-39/h2,7,12-14,16,19-20,23-25H,3-6,8-11,15,17-18H2,1H3,(H,32,33,35)/t20-,23-,24-/m0/s1. The first-order valence-corrected chi connectivity index (χ1v) is 15.9. The van der Waals surface area contributed by atoms with Crippen molar-refractivity contribution in [3.8, 4) is 22.8 Å². The summed E-state index contributed by atoms with van der Waals surface area (Å²) < 4.78 is 26.8. The van der Waals surface area contributed by atoms with Gasteiger partial charge in [-0.1, -0.05) is 17.7 Å². The molecule has 3 aromatic heterocycles. The molecule has 1 aromatic carbocycles. The SMILES string of the molecule is C[C@@H](Cn1cnnn1)Oc1cc(-c2cnc(Nc3cn([C@H]4CC[C@H](N5CCOCC5)CC4)nc3OC3COC3)nc2)ccc1Cl. The lowest BCUT2D eigenvalue weighted by Gasteiger charge is -2.38. The highest BCUT2D eigenvalue weighted by Gasteiger charge is 2.30. The van der Waals surface area contributed by atoms with Crippen LogP contribution in [0.3, 0.4) is 0 Å². The van der Waals surface area contributed by atoms with Crippen molar-refractivity contribution in [2.24, 2.45) is 0 Å². The van der Waals surface area contributed by atoms with E-state index in [1.807, 2.05) is 25.3 Å². The van der Waals surface area contributed by atoms with E-state index in [0.29, 0.717) is 54.4 Å².